The van der Waals surface area contributed by atoms with E-state index in [-0.39, 0.29) is 47.0 Å². The fourth-order valence-corrected chi connectivity index (χ4v) is 5.24. The molecule has 0 unspecified atom stereocenters. The van der Waals surface area contributed by atoms with E-state index in [0.29, 0.717) is 17.7 Å². The number of halogens is 5. The molecule has 44 heavy (non-hydrogen) atoms. The van der Waals surface area contributed by atoms with Crippen LogP contribution in [0.15, 0.2) is 72.8 Å². The van der Waals surface area contributed by atoms with Crippen LogP contribution < -0.4 is 4.74 Å². The van der Waals surface area contributed by atoms with Gasteiger partial charge in [0.15, 0.2) is 5.82 Å². The minimum atomic E-state index is -4.63. The van der Waals surface area contributed by atoms with Gasteiger partial charge in [0.1, 0.15) is 17.1 Å². The van der Waals surface area contributed by atoms with E-state index in [9.17, 15) is 23.1 Å². The maximum Gasteiger partial charge on any atom is 0.522 e. The van der Waals surface area contributed by atoms with Crippen molar-refractivity contribution in [2.45, 2.75) is 25.9 Å². The molecule has 0 atom stereocenters. The van der Waals surface area contributed by atoms with Crippen LogP contribution in [0.5, 0.6) is 11.8 Å². The molecular weight excluding hydrogens is 585 g/mol. The number of imidazole rings is 1. The van der Waals surface area contributed by atoms with Crippen LogP contribution in [-0.4, -0.2) is 51.5 Å². The van der Waals surface area contributed by atoms with Gasteiger partial charge in [0.2, 0.25) is 0 Å². The molecule has 0 amide bonds. The van der Waals surface area contributed by atoms with Crippen molar-refractivity contribution >= 4 is 17.0 Å². The van der Waals surface area contributed by atoms with Crippen LogP contribution in [0.4, 0.5) is 22.0 Å². The van der Waals surface area contributed by atoms with Gasteiger partial charge in [0.05, 0.1) is 22.7 Å². The fourth-order valence-electron chi connectivity index (χ4n) is 5.24. The molecule has 0 radical (unpaired) electrons. The molecule has 6 rings (SSSR count). The molecule has 1 fully saturated rings. The fraction of sp³-hybridized carbons (Fsp3) is 0.188. The number of ether oxygens (including phenoxy) is 2. The van der Waals surface area contributed by atoms with Crippen LogP contribution in [-0.2, 0) is 11.3 Å². The summed E-state index contributed by atoms with van der Waals surface area (Å²) in [5.41, 5.74) is 2.96. The molecule has 0 aliphatic carbocycles. The summed E-state index contributed by atoms with van der Waals surface area (Å²) in [6.07, 6.45) is -5.48. The van der Waals surface area contributed by atoms with Gasteiger partial charge in [0.25, 0.3) is 6.01 Å². The summed E-state index contributed by atoms with van der Waals surface area (Å²) in [6.45, 7) is 2.47. The molecule has 1 aliphatic rings. The highest BCUT2D eigenvalue weighted by atomic mass is 19.4. The van der Waals surface area contributed by atoms with E-state index in [1.54, 1.807) is 37.3 Å². The maximum atomic E-state index is 15.6. The number of nitrogens with one attached hydrogen (secondary N) is 1. The molecule has 2 heterocycles. The summed E-state index contributed by atoms with van der Waals surface area (Å²) in [6, 6.07) is 19.7. The molecule has 0 saturated carbocycles. The number of hydrogen-bond donors (Lipinski definition) is 2. The molecule has 4 aromatic carbocycles. The van der Waals surface area contributed by atoms with Gasteiger partial charge in [-0.2, -0.15) is 4.98 Å². The average molecular weight is 610 g/mol. The van der Waals surface area contributed by atoms with Crippen LogP contribution in [0.2, 0.25) is 0 Å². The lowest BCUT2D eigenvalue weighted by Gasteiger charge is -2.39. The predicted octanol–water partition coefficient (Wildman–Crippen LogP) is 7.69. The largest absolute Gasteiger partial charge is 0.522 e. The lowest BCUT2D eigenvalue weighted by Crippen LogP contribution is -2.53. The van der Waals surface area contributed by atoms with Crippen LogP contribution in [0.25, 0.3) is 33.3 Å². The van der Waals surface area contributed by atoms with Gasteiger partial charge in [-0.3, -0.25) is 9.64 Å². The van der Waals surface area contributed by atoms with Crippen LogP contribution >= 0.6 is 0 Å². The standard InChI is InChI=1S/C32H24F5N3O4/c1-17-23(30(41)42)3-2-4-26(17)43-31-38-25-13-24(33)27(28(34)29(25)39-31)21-11-9-20(10-12-21)19-7-5-18(6-8-19)14-40-15-22(16-40)44-32(35,36)37/h2-13,22H,14-16H2,1H3,(H,38,39)(H,41,42). The van der Waals surface area contributed by atoms with Crippen LogP contribution in [0.1, 0.15) is 21.5 Å². The zero-order chi connectivity index (χ0) is 31.2. The molecule has 0 bridgehead atoms. The maximum absolute atomic E-state index is 15.6. The Labute approximate surface area is 247 Å². The number of aromatic carboxylic acids is 1. The highest BCUT2D eigenvalue weighted by Crippen LogP contribution is 2.35. The van der Waals surface area contributed by atoms with Gasteiger partial charge in [-0.05, 0) is 41.3 Å². The number of carbonyl (C=O) groups is 1. The van der Waals surface area contributed by atoms with Crippen molar-refractivity contribution in [3.05, 3.63) is 101 Å². The van der Waals surface area contributed by atoms with Gasteiger partial charge in [0, 0.05) is 31.3 Å². The second-order valence-electron chi connectivity index (χ2n) is 10.5. The number of aromatic amines is 1. The molecule has 12 heteroatoms. The highest BCUT2D eigenvalue weighted by Gasteiger charge is 2.39. The van der Waals surface area contributed by atoms with E-state index in [4.69, 9.17) is 4.74 Å². The van der Waals surface area contributed by atoms with E-state index in [1.165, 1.54) is 12.1 Å². The van der Waals surface area contributed by atoms with Gasteiger partial charge in [-0.15, -0.1) is 13.2 Å². The summed E-state index contributed by atoms with van der Waals surface area (Å²) in [7, 11) is 0. The smallest absolute Gasteiger partial charge is 0.478 e. The molecule has 2 N–H and O–H groups in total. The molecule has 1 aliphatic heterocycles. The average Bonchev–Trinajstić information content (AvgIpc) is 3.35. The number of rotatable bonds is 8. The number of hydrogen-bond acceptors (Lipinski definition) is 5. The van der Waals surface area contributed by atoms with Crippen molar-refractivity contribution in [3.8, 4) is 34.0 Å². The number of likely N-dealkylation sites (tertiary alicyclic amines) is 1. The third-order valence-electron chi connectivity index (χ3n) is 7.46. The van der Waals surface area contributed by atoms with Gasteiger partial charge in [-0.1, -0.05) is 54.6 Å². The van der Waals surface area contributed by atoms with E-state index in [0.717, 1.165) is 22.8 Å². The van der Waals surface area contributed by atoms with E-state index in [2.05, 4.69) is 14.7 Å². The summed E-state index contributed by atoms with van der Waals surface area (Å²) < 4.78 is 77.4. The number of fused-ring (bicyclic) bond motifs is 1. The lowest BCUT2D eigenvalue weighted by molar-refractivity contribution is -0.355. The number of alkyl halides is 3. The predicted molar refractivity (Wildman–Crippen MR) is 151 cm³/mol. The minimum Gasteiger partial charge on any atom is -0.478 e. The Balaban J connectivity index is 1.17. The summed E-state index contributed by atoms with van der Waals surface area (Å²) >= 11 is 0. The van der Waals surface area contributed by atoms with Crippen molar-refractivity contribution in [2.24, 2.45) is 0 Å². The van der Waals surface area contributed by atoms with Crippen LogP contribution in [0.3, 0.4) is 0 Å². The summed E-state index contributed by atoms with van der Waals surface area (Å²) in [4.78, 5) is 20.2. The minimum absolute atomic E-state index is 0.0423. The topological polar surface area (TPSA) is 87.7 Å². The number of aromatic nitrogens is 2. The molecule has 5 aromatic rings. The first kappa shape index (κ1) is 29.3. The molecule has 226 valence electrons. The summed E-state index contributed by atoms with van der Waals surface area (Å²) in [5, 5.41) is 9.34. The van der Waals surface area contributed by atoms with E-state index >= 15 is 8.78 Å². The first-order valence-electron chi connectivity index (χ1n) is 13.5. The second kappa shape index (κ2) is 11.4. The van der Waals surface area contributed by atoms with Gasteiger partial charge in [-0.25, -0.2) is 13.6 Å². The van der Waals surface area contributed by atoms with Gasteiger partial charge >= 0.3 is 12.3 Å². The van der Waals surface area contributed by atoms with Crippen molar-refractivity contribution < 1.29 is 41.3 Å². The van der Waals surface area contributed by atoms with Gasteiger partial charge < -0.3 is 14.8 Å². The zero-order valence-corrected chi connectivity index (χ0v) is 23.1. The number of carboxylic acids is 1. The second-order valence-corrected chi connectivity index (χ2v) is 10.5. The molecule has 0 spiro atoms. The molecular formula is C32H24F5N3O4. The Morgan fingerprint density at radius 2 is 1.64 bits per heavy atom. The normalized spacial score (nSPS) is 14.1. The quantitative estimate of drug-likeness (QED) is 0.175. The molecule has 1 aromatic heterocycles. The molecule has 7 nitrogen and oxygen atoms in total. The number of benzene rings is 4. The zero-order valence-electron chi connectivity index (χ0n) is 23.1. The SMILES string of the molecule is Cc1c(Oc2nc3c(F)c(-c4ccc(-c5ccc(CN6CC(OC(F)(F)F)C6)cc5)cc4)c(F)cc3[nH]2)cccc1C(=O)O. The van der Waals surface area contributed by atoms with Crippen molar-refractivity contribution in [1.82, 2.24) is 14.9 Å². The molecule has 1 saturated heterocycles. The third-order valence-corrected chi connectivity index (χ3v) is 7.46. The Morgan fingerprint density at radius 1 is 1.00 bits per heavy atom. The van der Waals surface area contributed by atoms with Crippen molar-refractivity contribution in [3.63, 3.8) is 0 Å². The Hall–Kier alpha value is -4.81. The number of nitrogens with zero attached hydrogens (tertiary/aromatic N) is 2. The Kier molecular flexibility index (Phi) is 7.56. The van der Waals surface area contributed by atoms with E-state index < -0.39 is 30.1 Å². The van der Waals surface area contributed by atoms with E-state index in [1.807, 2.05) is 29.2 Å². The lowest BCUT2D eigenvalue weighted by atomic mass is 9.98. The Morgan fingerprint density at radius 3 is 2.27 bits per heavy atom. The highest BCUT2D eigenvalue weighted by molar-refractivity contribution is 5.90. The monoisotopic (exact) mass is 609 g/mol. The first-order chi connectivity index (χ1) is 20.9. The number of H-pyrrole nitrogens is 1. The Bertz CT molecular complexity index is 1850. The summed E-state index contributed by atoms with van der Waals surface area (Å²) in [5.74, 6) is -2.60. The third kappa shape index (κ3) is 5.99. The first-order valence-corrected chi connectivity index (χ1v) is 13.5. The number of carboxylic acid groups (broad SMARTS) is 1. The van der Waals surface area contributed by atoms with Crippen molar-refractivity contribution in [1.29, 1.82) is 0 Å². The van der Waals surface area contributed by atoms with Crippen LogP contribution in [0, 0.1) is 18.6 Å². The van der Waals surface area contributed by atoms with Crippen molar-refractivity contribution in [2.75, 3.05) is 13.1 Å².